The molecule has 1 N–H and O–H groups in total. The van der Waals surface area contributed by atoms with Gasteiger partial charge >= 0.3 is 6.36 Å². The molecule has 0 spiro atoms. The fourth-order valence-corrected chi connectivity index (χ4v) is 4.98. The van der Waals surface area contributed by atoms with Crippen LogP contribution < -0.4 is 5.32 Å². The monoisotopic (exact) mass is 508 g/mol. The van der Waals surface area contributed by atoms with Gasteiger partial charge in [-0.3, -0.25) is 9.53 Å². The number of halogens is 4. The molecule has 2 aromatic heterocycles. The minimum absolute atomic E-state index is 0.195. The first-order chi connectivity index (χ1) is 15.2. The molecule has 0 saturated heterocycles. The number of carbonyl (C=O) groups excluding carboxylic acids is 1. The van der Waals surface area contributed by atoms with Crippen LogP contribution in [0.1, 0.15) is 53.9 Å². The summed E-state index contributed by atoms with van der Waals surface area (Å²) < 4.78 is 47.6. The molecule has 6 rings (SSSR count). The number of hydrogen-bond acceptors (Lipinski definition) is 6. The molecule has 0 aliphatic heterocycles. The van der Waals surface area contributed by atoms with Crippen molar-refractivity contribution >= 4 is 32.7 Å². The summed E-state index contributed by atoms with van der Waals surface area (Å²) in [7, 11) is 0. The van der Waals surface area contributed by atoms with E-state index in [2.05, 4.69) is 41.2 Å². The zero-order chi connectivity index (χ0) is 22.3. The molecule has 0 bridgehead atoms. The van der Waals surface area contributed by atoms with Crippen LogP contribution in [0.25, 0.3) is 10.9 Å². The van der Waals surface area contributed by atoms with Crippen molar-refractivity contribution in [1.29, 1.82) is 0 Å². The average Bonchev–Trinajstić information content (AvgIpc) is 3.40. The SMILES string of the molecule is O=C(NC12CC1(c1nnc(C3CC(OC(F)(F)F)C3)o1)C2)c1ccc2cc(Br)ccc2n1. The minimum Gasteiger partial charge on any atom is -0.424 e. The van der Waals surface area contributed by atoms with Crippen molar-refractivity contribution in [2.24, 2.45) is 0 Å². The second kappa shape index (κ2) is 6.50. The summed E-state index contributed by atoms with van der Waals surface area (Å²) in [5.74, 6) is 0.269. The largest absolute Gasteiger partial charge is 0.522 e. The van der Waals surface area contributed by atoms with Gasteiger partial charge in [-0.05, 0) is 49.9 Å². The van der Waals surface area contributed by atoms with E-state index in [0.29, 0.717) is 30.3 Å². The molecule has 2 heterocycles. The number of ether oxygens (including phenoxy) is 1. The van der Waals surface area contributed by atoms with Crippen molar-refractivity contribution in [2.75, 3.05) is 0 Å². The van der Waals surface area contributed by atoms with Crippen LogP contribution in [0, 0.1) is 0 Å². The van der Waals surface area contributed by atoms with Crippen LogP contribution in [0.15, 0.2) is 39.2 Å². The highest BCUT2D eigenvalue weighted by Crippen LogP contribution is 2.78. The molecule has 0 radical (unpaired) electrons. The van der Waals surface area contributed by atoms with Crippen LogP contribution in [-0.4, -0.2) is 39.1 Å². The first kappa shape index (κ1) is 20.1. The molecule has 1 aromatic carbocycles. The van der Waals surface area contributed by atoms with Crippen LogP contribution in [0.5, 0.6) is 0 Å². The number of pyridine rings is 1. The molecule has 7 nitrogen and oxygen atoms in total. The maximum atomic E-state index is 12.8. The lowest BCUT2D eigenvalue weighted by atomic mass is 9.82. The first-order valence-corrected chi connectivity index (χ1v) is 10.9. The molecule has 0 unspecified atom stereocenters. The van der Waals surface area contributed by atoms with Crippen molar-refractivity contribution in [3.63, 3.8) is 0 Å². The van der Waals surface area contributed by atoms with Gasteiger partial charge in [-0.1, -0.05) is 22.0 Å². The molecule has 0 atom stereocenters. The van der Waals surface area contributed by atoms with Gasteiger partial charge in [0.15, 0.2) is 0 Å². The third kappa shape index (κ3) is 3.21. The van der Waals surface area contributed by atoms with Crippen LogP contribution in [0.3, 0.4) is 0 Å². The Balaban J connectivity index is 1.10. The second-order valence-electron chi connectivity index (χ2n) is 8.80. The molecule has 166 valence electrons. The molecule has 3 aliphatic carbocycles. The number of alkyl halides is 3. The van der Waals surface area contributed by atoms with Gasteiger partial charge in [0.25, 0.3) is 5.91 Å². The summed E-state index contributed by atoms with van der Waals surface area (Å²) in [6.07, 6.45) is -3.73. The number of nitrogens with one attached hydrogen (secondary N) is 1. The molecule has 32 heavy (non-hydrogen) atoms. The van der Waals surface area contributed by atoms with E-state index >= 15 is 0 Å². The summed E-state index contributed by atoms with van der Waals surface area (Å²) in [6.45, 7) is 0. The lowest BCUT2D eigenvalue weighted by molar-refractivity contribution is -0.352. The molecule has 3 saturated carbocycles. The quantitative estimate of drug-likeness (QED) is 0.550. The van der Waals surface area contributed by atoms with E-state index in [4.69, 9.17) is 4.42 Å². The van der Waals surface area contributed by atoms with Gasteiger partial charge in [0.1, 0.15) is 5.69 Å². The van der Waals surface area contributed by atoms with Gasteiger partial charge in [-0.2, -0.15) is 0 Å². The van der Waals surface area contributed by atoms with Gasteiger partial charge in [0, 0.05) is 15.8 Å². The number of hydrogen-bond donors (Lipinski definition) is 1. The number of fused-ring (bicyclic) bond motifs is 2. The highest BCUT2D eigenvalue weighted by Gasteiger charge is 2.88. The molecule has 3 fully saturated rings. The fraction of sp³-hybridized carbons (Fsp3) is 0.429. The average molecular weight is 509 g/mol. The Kier molecular flexibility index (Phi) is 4.09. The smallest absolute Gasteiger partial charge is 0.424 e. The van der Waals surface area contributed by atoms with E-state index < -0.39 is 18.0 Å². The van der Waals surface area contributed by atoms with Crippen LogP contribution in [-0.2, 0) is 10.2 Å². The summed E-state index contributed by atoms with van der Waals surface area (Å²) in [6, 6.07) is 9.19. The highest BCUT2D eigenvalue weighted by molar-refractivity contribution is 9.10. The molecular weight excluding hydrogens is 493 g/mol. The number of aromatic nitrogens is 3. The zero-order valence-corrected chi connectivity index (χ0v) is 18.0. The predicted molar refractivity (Wildman–Crippen MR) is 108 cm³/mol. The van der Waals surface area contributed by atoms with Crippen molar-refractivity contribution in [3.8, 4) is 0 Å². The lowest BCUT2D eigenvalue weighted by Crippen LogP contribution is -2.34. The Morgan fingerprint density at radius 1 is 1.19 bits per heavy atom. The maximum absolute atomic E-state index is 12.8. The van der Waals surface area contributed by atoms with Gasteiger partial charge in [-0.15, -0.1) is 23.4 Å². The van der Waals surface area contributed by atoms with Gasteiger partial charge in [0.2, 0.25) is 11.8 Å². The Bertz CT molecular complexity index is 1250. The first-order valence-electron chi connectivity index (χ1n) is 10.1. The van der Waals surface area contributed by atoms with Gasteiger partial charge in [0.05, 0.1) is 22.6 Å². The van der Waals surface area contributed by atoms with Crippen LogP contribution >= 0.6 is 15.9 Å². The third-order valence-electron chi connectivity index (χ3n) is 6.70. The van der Waals surface area contributed by atoms with E-state index in [0.717, 1.165) is 15.4 Å². The Morgan fingerprint density at radius 2 is 1.97 bits per heavy atom. The van der Waals surface area contributed by atoms with Crippen LogP contribution in [0.4, 0.5) is 13.2 Å². The van der Waals surface area contributed by atoms with Gasteiger partial charge < -0.3 is 9.73 Å². The lowest BCUT2D eigenvalue weighted by Gasteiger charge is -2.32. The van der Waals surface area contributed by atoms with Crippen molar-refractivity contribution in [2.45, 2.75) is 55.0 Å². The number of nitrogens with zero attached hydrogens (tertiary/aromatic N) is 3. The van der Waals surface area contributed by atoms with E-state index in [9.17, 15) is 18.0 Å². The predicted octanol–water partition coefficient (Wildman–Crippen LogP) is 4.38. The van der Waals surface area contributed by atoms with E-state index in [1.54, 1.807) is 6.07 Å². The van der Waals surface area contributed by atoms with E-state index in [1.807, 2.05) is 24.3 Å². The standard InChI is InChI=1S/C21H16BrF3N4O3/c22-12-2-4-14-10(5-12)1-3-15(26-14)16(30)27-20-8-19(20,9-20)18-29-28-17(31-18)11-6-13(7-11)32-21(23,24)25/h1-5,11,13H,6-9H2,(H,27,30). The van der Waals surface area contributed by atoms with E-state index in [-0.39, 0.29) is 30.1 Å². The maximum Gasteiger partial charge on any atom is 0.522 e. The Morgan fingerprint density at radius 3 is 2.72 bits per heavy atom. The molecular formula is C21H16BrF3N4O3. The van der Waals surface area contributed by atoms with E-state index in [1.165, 1.54) is 0 Å². The van der Waals surface area contributed by atoms with Gasteiger partial charge in [-0.25, -0.2) is 4.98 Å². The van der Waals surface area contributed by atoms with Crippen molar-refractivity contribution < 1.29 is 27.1 Å². The summed E-state index contributed by atoms with van der Waals surface area (Å²) >= 11 is 3.42. The summed E-state index contributed by atoms with van der Waals surface area (Å²) in [4.78, 5) is 17.2. The zero-order valence-electron chi connectivity index (χ0n) is 16.4. The molecule has 11 heteroatoms. The minimum atomic E-state index is -4.63. The summed E-state index contributed by atoms with van der Waals surface area (Å²) in [5.41, 5.74) is 0.275. The highest BCUT2D eigenvalue weighted by atomic mass is 79.9. The number of amides is 1. The fourth-order valence-electron chi connectivity index (χ4n) is 4.60. The normalized spacial score (nSPS) is 30.5. The van der Waals surface area contributed by atoms with Crippen LogP contribution in [0.2, 0.25) is 0 Å². The molecule has 1 amide bonds. The van der Waals surface area contributed by atoms with Crippen molar-refractivity contribution in [1.82, 2.24) is 20.5 Å². The number of benzene rings is 1. The third-order valence-corrected chi connectivity index (χ3v) is 7.20. The number of carbonyl (C=O) groups is 1. The second-order valence-corrected chi connectivity index (χ2v) is 9.72. The summed E-state index contributed by atoms with van der Waals surface area (Å²) in [5, 5.41) is 12.1. The molecule has 3 aromatic rings. The Hall–Kier alpha value is -2.53. The van der Waals surface area contributed by atoms with Crippen molar-refractivity contribution in [3.05, 3.63) is 52.3 Å². The number of rotatable bonds is 5. The molecule has 3 aliphatic rings. The topological polar surface area (TPSA) is 90.1 Å². The Labute approximate surface area is 187 Å².